The molecule has 0 aliphatic carbocycles. The number of rotatable bonds is 9. The monoisotopic (exact) mass is 496 g/mol. The molecule has 13 heteroatoms. The number of methoxy groups -OCH3 is 1. The number of hydrogen-bond donors (Lipinski definition) is 6. The van der Waals surface area contributed by atoms with E-state index in [1.807, 2.05) is 0 Å². The molecule has 0 aromatic heterocycles. The molecule has 0 spiro atoms. The van der Waals surface area contributed by atoms with E-state index < -0.39 is 41.2 Å². The Morgan fingerprint density at radius 2 is 1.57 bits per heavy atom. The Morgan fingerprint density at radius 3 is 2.17 bits per heavy atom. The maximum Gasteiger partial charge on any atom is 0.453 e. The lowest BCUT2D eigenvalue weighted by atomic mass is 9.95. The molecule has 2 aromatic carbocycles. The minimum atomic E-state index is -3.80. The number of aliphatic hydroxyl groups is 6. The van der Waals surface area contributed by atoms with Gasteiger partial charge in [0.1, 0.15) is 13.2 Å². The summed E-state index contributed by atoms with van der Waals surface area (Å²) >= 11 is 0. The molecule has 13 nitrogen and oxygen atoms in total. The van der Waals surface area contributed by atoms with Gasteiger partial charge in [0.05, 0.1) is 18.1 Å². The number of benzene rings is 2. The van der Waals surface area contributed by atoms with E-state index in [1.165, 1.54) is 39.2 Å². The molecule has 2 aromatic rings. The fourth-order valence-electron chi connectivity index (χ4n) is 3.27. The molecule has 1 heterocycles. The van der Waals surface area contributed by atoms with Gasteiger partial charge >= 0.3 is 24.3 Å². The lowest BCUT2D eigenvalue weighted by Gasteiger charge is -2.27. The van der Waals surface area contributed by atoms with Gasteiger partial charge in [-0.3, -0.25) is 4.79 Å². The fourth-order valence-corrected chi connectivity index (χ4v) is 3.27. The fraction of sp³-hybridized carbons (Fsp3) is 0.364. The highest BCUT2D eigenvalue weighted by molar-refractivity contribution is 5.94. The molecule has 0 radical (unpaired) electrons. The Bertz CT molecular complexity index is 1130. The van der Waals surface area contributed by atoms with Gasteiger partial charge in [0, 0.05) is 11.1 Å². The molecule has 0 saturated heterocycles. The molecule has 1 aliphatic heterocycles. The Balaban J connectivity index is 2.19. The minimum Gasteiger partial charge on any atom is -0.488 e. The second kappa shape index (κ2) is 9.30. The maximum absolute atomic E-state index is 12.1. The summed E-state index contributed by atoms with van der Waals surface area (Å²) in [4.78, 5) is 23.9. The van der Waals surface area contributed by atoms with Crippen molar-refractivity contribution in [3.63, 3.8) is 0 Å². The van der Waals surface area contributed by atoms with Crippen LogP contribution in [0.5, 0.6) is 17.2 Å². The third-order valence-corrected chi connectivity index (χ3v) is 4.87. The van der Waals surface area contributed by atoms with Crippen molar-refractivity contribution in [2.45, 2.75) is 32.8 Å². The first-order valence-electron chi connectivity index (χ1n) is 10.0. The van der Waals surface area contributed by atoms with Crippen LogP contribution in [0.25, 0.3) is 11.1 Å². The first kappa shape index (κ1) is 26.2. The van der Waals surface area contributed by atoms with Gasteiger partial charge in [-0.15, -0.1) is 0 Å². The predicted octanol–water partition coefficient (Wildman–Crippen LogP) is -0.464. The second-order valence-electron chi connectivity index (χ2n) is 8.23. The Labute approximate surface area is 198 Å². The van der Waals surface area contributed by atoms with E-state index in [4.69, 9.17) is 18.9 Å². The van der Waals surface area contributed by atoms with Crippen molar-refractivity contribution >= 4 is 11.9 Å². The SMILES string of the molecule is COC(=O)C(C)(C)COc1c(-c2ccc3c(c2)COC3=O)ccc(OC(O)(O)O)c1OC(O)(O)O. The zero-order valence-electron chi connectivity index (χ0n) is 18.8. The van der Waals surface area contributed by atoms with E-state index in [1.54, 1.807) is 6.07 Å². The molecule has 3 rings (SSSR count). The molecule has 0 unspecified atom stereocenters. The van der Waals surface area contributed by atoms with Gasteiger partial charge < -0.3 is 54.3 Å². The van der Waals surface area contributed by atoms with Crippen LogP contribution in [0.3, 0.4) is 0 Å². The molecule has 0 atom stereocenters. The van der Waals surface area contributed by atoms with Crippen LogP contribution in [0.4, 0.5) is 0 Å². The van der Waals surface area contributed by atoms with E-state index in [2.05, 4.69) is 4.74 Å². The number of esters is 2. The molecular formula is C22H24O13. The van der Waals surface area contributed by atoms with Crippen LogP contribution in [0, 0.1) is 5.41 Å². The standard InChI is InChI=1S/C22H24O13/c1-20(2,19(24)31-3)10-33-16-13(11-4-5-14-12(8-11)9-32-18(14)23)6-7-15(34-21(25,26)27)17(16)35-22(28,29)30/h4-8,25-30H,9-10H2,1-3H3. The number of carbonyl (C=O) groups excluding carboxylic acids is 2. The van der Waals surface area contributed by atoms with Crippen LogP contribution in [0.1, 0.15) is 29.8 Å². The smallest absolute Gasteiger partial charge is 0.453 e. The van der Waals surface area contributed by atoms with E-state index in [9.17, 15) is 40.2 Å². The molecule has 0 fully saturated rings. The average Bonchev–Trinajstić information content (AvgIpc) is 3.11. The van der Waals surface area contributed by atoms with E-state index in [0.29, 0.717) is 16.7 Å². The number of ether oxygens (including phenoxy) is 5. The average molecular weight is 496 g/mol. The minimum absolute atomic E-state index is 0.00715. The molecular weight excluding hydrogens is 472 g/mol. The lowest BCUT2D eigenvalue weighted by Crippen LogP contribution is -2.37. The summed E-state index contributed by atoms with van der Waals surface area (Å²) in [6.45, 7) is 2.61. The van der Waals surface area contributed by atoms with Gasteiger partial charge in [-0.2, -0.15) is 0 Å². The molecule has 190 valence electrons. The predicted molar refractivity (Wildman–Crippen MR) is 112 cm³/mol. The van der Waals surface area contributed by atoms with Gasteiger partial charge in [0.15, 0.2) is 11.5 Å². The molecule has 6 N–H and O–H groups in total. The number of fused-ring (bicyclic) bond motifs is 1. The third kappa shape index (κ3) is 6.16. The summed E-state index contributed by atoms with van der Waals surface area (Å²) in [7, 11) is 1.17. The summed E-state index contributed by atoms with van der Waals surface area (Å²) in [5.41, 5.74) is 0.204. The molecule has 0 amide bonds. The quantitative estimate of drug-likeness (QED) is 0.192. The highest BCUT2D eigenvalue weighted by Crippen LogP contribution is 2.47. The first-order chi connectivity index (χ1) is 16.1. The molecule has 0 saturated carbocycles. The van der Waals surface area contributed by atoms with Crippen molar-refractivity contribution < 1.29 is 63.9 Å². The van der Waals surface area contributed by atoms with Crippen molar-refractivity contribution in [2.24, 2.45) is 5.41 Å². The molecule has 35 heavy (non-hydrogen) atoms. The maximum atomic E-state index is 12.1. The van der Waals surface area contributed by atoms with Crippen molar-refractivity contribution in [3.8, 4) is 28.4 Å². The van der Waals surface area contributed by atoms with Crippen molar-refractivity contribution in [2.75, 3.05) is 13.7 Å². The van der Waals surface area contributed by atoms with Gasteiger partial charge in [0.25, 0.3) is 0 Å². The molecule has 1 aliphatic rings. The summed E-state index contributed by atoms with van der Waals surface area (Å²) in [6, 6.07) is 6.95. The Kier molecular flexibility index (Phi) is 6.95. The number of cyclic esters (lactones) is 1. The largest absolute Gasteiger partial charge is 0.488 e. The number of hydrogen-bond acceptors (Lipinski definition) is 13. The zero-order valence-corrected chi connectivity index (χ0v) is 18.8. The van der Waals surface area contributed by atoms with Crippen molar-refractivity contribution in [3.05, 3.63) is 41.5 Å². The van der Waals surface area contributed by atoms with Gasteiger partial charge in [-0.25, -0.2) is 4.79 Å². The van der Waals surface area contributed by atoms with Crippen LogP contribution in [0.2, 0.25) is 0 Å². The van der Waals surface area contributed by atoms with Crippen LogP contribution < -0.4 is 14.2 Å². The van der Waals surface area contributed by atoms with E-state index in [0.717, 1.165) is 6.07 Å². The van der Waals surface area contributed by atoms with E-state index in [-0.39, 0.29) is 24.5 Å². The number of carbonyl (C=O) groups is 2. The topological polar surface area (TPSA) is 202 Å². The van der Waals surface area contributed by atoms with Crippen molar-refractivity contribution in [1.82, 2.24) is 0 Å². The summed E-state index contributed by atoms with van der Waals surface area (Å²) in [5.74, 6) is -3.01. The normalized spacial score (nSPS) is 13.7. The Hall–Kier alpha value is -3.46. The summed E-state index contributed by atoms with van der Waals surface area (Å²) in [6.07, 6.45) is -7.52. The second-order valence-corrected chi connectivity index (χ2v) is 8.23. The zero-order chi connectivity index (χ0) is 26.2. The lowest BCUT2D eigenvalue weighted by molar-refractivity contribution is -0.428. The first-order valence-corrected chi connectivity index (χ1v) is 10.0. The van der Waals surface area contributed by atoms with Gasteiger partial charge in [-0.1, -0.05) is 6.07 Å². The summed E-state index contributed by atoms with van der Waals surface area (Å²) in [5, 5.41) is 56.1. The van der Waals surface area contributed by atoms with Gasteiger partial charge in [-0.05, 0) is 43.7 Å². The molecule has 0 bridgehead atoms. The van der Waals surface area contributed by atoms with Crippen LogP contribution in [0.15, 0.2) is 30.3 Å². The third-order valence-electron chi connectivity index (χ3n) is 4.87. The van der Waals surface area contributed by atoms with Crippen LogP contribution in [-0.4, -0.2) is 68.6 Å². The highest BCUT2D eigenvalue weighted by atomic mass is 16.9. The van der Waals surface area contributed by atoms with Crippen molar-refractivity contribution in [1.29, 1.82) is 0 Å². The Morgan fingerprint density at radius 1 is 0.943 bits per heavy atom. The van der Waals surface area contributed by atoms with Gasteiger partial charge in [0.2, 0.25) is 5.75 Å². The van der Waals surface area contributed by atoms with Crippen LogP contribution in [-0.2, 0) is 20.9 Å². The highest BCUT2D eigenvalue weighted by Gasteiger charge is 2.35. The summed E-state index contributed by atoms with van der Waals surface area (Å²) < 4.78 is 24.8. The van der Waals surface area contributed by atoms with Crippen LogP contribution >= 0.6 is 0 Å². The van der Waals surface area contributed by atoms with E-state index >= 15 is 0 Å².